The van der Waals surface area contributed by atoms with Crippen LogP contribution in [0, 0.1) is 0 Å². The topological polar surface area (TPSA) is 82.0 Å². The second-order valence-electron chi connectivity index (χ2n) is 2.47. The van der Waals surface area contributed by atoms with Crippen molar-refractivity contribution in [2.45, 2.75) is 0 Å². The van der Waals surface area contributed by atoms with Crippen molar-refractivity contribution in [2.75, 3.05) is 0 Å². The van der Waals surface area contributed by atoms with Crippen molar-refractivity contribution < 1.29 is 10.2 Å². The van der Waals surface area contributed by atoms with Crippen molar-refractivity contribution in [2.24, 2.45) is 0 Å². The second-order valence-corrected chi connectivity index (χ2v) is 2.47. The average Bonchev–Trinajstić information content (AvgIpc) is 2.49. The Labute approximate surface area is 73.7 Å². The van der Waals surface area contributed by atoms with Crippen LogP contribution >= 0.6 is 0 Å². The highest BCUT2D eigenvalue weighted by atomic mass is 16.3. The predicted molar refractivity (Wildman–Crippen MR) is 45.1 cm³/mol. The van der Waals surface area contributed by atoms with Crippen molar-refractivity contribution >= 4 is 0 Å². The average molecular weight is 177 g/mol. The summed E-state index contributed by atoms with van der Waals surface area (Å²) in [7, 11) is 0. The van der Waals surface area contributed by atoms with Gasteiger partial charge < -0.3 is 15.2 Å². The van der Waals surface area contributed by atoms with Gasteiger partial charge in [-0.05, 0) is 12.1 Å². The van der Waals surface area contributed by atoms with E-state index in [0.717, 1.165) is 0 Å². The molecule has 2 aromatic rings. The molecule has 2 heterocycles. The zero-order valence-electron chi connectivity index (χ0n) is 6.60. The fourth-order valence-corrected chi connectivity index (χ4v) is 0.979. The molecule has 0 saturated carbocycles. The molecule has 13 heavy (non-hydrogen) atoms. The molecule has 5 nitrogen and oxygen atoms in total. The fourth-order valence-electron chi connectivity index (χ4n) is 0.979. The van der Waals surface area contributed by atoms with E-state index in [0.29, 0.717) is 11.5 Å². The molecule has 3 N–H and O–H groups in total. The van der Waals surface area contributed by atoms with Crippen LogP contribution in [0.15, 0.2) is 24.4 Å². The Hall–Kier alpha value is -2.04. The van der Waals surface area contributed by atoms with Crippen LogP contribution < -0.4 is 0 Å². The van der Waals surface area contributed by atoms with Gasteiger partial charge in [0.1, 0.15) is 5.69 Å². The van der Waals surface area contributed by atoms with E-state index in [4.69, 9.17) is 10.2 Å². The van der Waals surface area contributed by atoms with Crippen LogP contribution in [-0.2, 0) is 0 Å². The number of nitrogens with one attached hydrogen (secondary N) is 1. The van der Waals surface area contributed by atoms with Gasteiger partial charge in [-0.15, -0.1) is 0 Å². The lowest BCUT2D eigenvalue weighted by Crippen LogP contribution is -1.82. The lowest BCUT2D eigenvalue weighted by atomic mass is 10.3. The van der Waals surface area contributed by atoms with Crippen molar-refractivity contribution in [3.8, 4) is 23.3 Å². The van der Waals surface area contributed by atoms with Crippen LogP contribution in [0.1, 0.15) is 0 Å². The van der Waals surface area contributed by atoms with Crippen molar-refractivity contribution in [3.05, 3.63) is 24.4 Å². The van der Waals surface area contributed by atoms with Gasteiger partial charge in [-0.25, -0.2) is 0 Å². The number of hydrogen-bond acceptors (Lipinski definition) is 4. The third-order valence-electron chi connectivity index (χ3n) is 1.57. The second kappa shape index (κ2) is 2.78. The maximum atomic E-state index is 9.01. The predicted octanol–water partition coefficient (Wildman–Crippen LogP) is 0.883. The van der Waals surface area contributed by atoms with E-state index in [1.54, 1.807) is 24.4 Å². The number of imidazole rings is 1. The molecule has 2 aromatic heterocycles. The van der Waals surface area contributed by atoms with Gasteiger partial charge in [0.15, 0.2) is 5.82 Å². The minimum absolute atomic E-state index is 0.343. The molecule has 0 saturated heterocycles. The van der Waals surface area contributed by atoms with E-state index >= 15 is 0 Å². The first-order chi connectivity index (χ1) is 6.27. The van der Waals surface area contributed by atoms with Gasteiger partial charge in [-0.1, -0.05) is 6.07 Å². The minimum Gasteiger partial charge on any atom is -0.491 e. The molecule has 0 radical (unpaired) electrons. The lowest BCUT2D eigenvalue weighted by molar-refractivity contribution is 0.386. The maximum Gasteiger partial charge on any atom is 0.275 e. The summed E-state index contributed by atoms with van der Waals surface area (Å²) in [6.45, 7) is 0. The van der Waals surface area contributed by atoms with Crippen LogP contribution in [0.25, 0.3) is 11.5 Å². The maximum absolute atomic E-state index is 9.01. The Bertz CT molecular complexity index is 391. The molecule has 0 unspecified atom stereocenters. The number of pyridine rings is 1. The zero-order valence-corrected chi connectivity index (χ0v) is 6.60. The minimum atomic E-state index is -0.416. The summed E-state index contributed by atoms with van der Waals surface area (Å²) in [6.07, 6.45) is 1.60. The molecule has 0 atom stereocenters. The first-order valence-corrected chi connectivity index (χ1v) is 3.66. The Morgan fingerprint density at radius 1 is 1.23 bits per heavy atom. The molecular formula is C8H7N3O2. The molecule has 0 aliphatic rings. The highest BCUT2D eigenvalue weighted by Gasteiger charge is 2.08. The number of aromatic amines is 1. The quantitative estimate of drug-likeness (QED) is 0.604. The smallest absolute Gasteiger partial charge is 0.275 e. The summed E-state index contributed by atoms with van der Waals surface area (Å²) in [6, 6.07) is 5.28. The van der Waals surface area contributed by atoms with Gasteiger partial charge >= 0.3 is 0 Å². The molecular weight excluding hydrogens is 170 g/mol. The van der Waals surface area contributed by atoms with E-state index < -0.39 is 5.88 Å². The van der Waals surface area contributed by atoms with E-state index in [-0.39, 0.29) is 5.88 Å². The van der Waals surface area contributed by atoms with Gasteiger partial charge in [0, 0.05) is 6.20 Å². The van der Waals surface area contributed by atoms with E-state index in [2.05, 4.69) is 15.0 Å². The largest absolute Gasteiger partial charge is 0.491 e. The summed E-state index contributed by atoms with van der Waals surface area (Å²) in [5.41, 5.74) is 0.568. The zero-order chi connectivity index (χ0) is 9.26. The van der Waals surface area contributed by atoms with E-state index in [9.17, 15) is 0 Å². The highest BCUT2D eigenvalue weighted by Crippen LogP contribution is 2.24. The van der Waals surface area contributed by atoms with Crippen molar-refractivity contribution in [1.29, 1.82) is 0 Å². The van der Waals surface area contributed by atoms with Gasteiger partial charge in [0.2, 0.25) is 0 Å². The van der Waals surface area contributed by atoms with Gasteiger partial charge in [-0.3, -0.25) is 4.98 Å². The SMILES string of the molecule is Oc1nc(-c2ccccn2)[nH]c1O. The number of H-pyrrole nitrogens is 1. The van der Waals surface area contributed by atoms with Crippen LogP contribution in [0.4, 0.5) is 0 Å². The molecule has 0 aliphatic carbocycles. The molecule has 0 bridgehead atoms. The monoisotopic (exact) mass is 177 g/mol. The van der Waals surface area contributed by atoms with E-state index in [1.807, 2.05) is 0 Å². The molecule has 5 heteroatoms. The molecule has 0 aliphatic heterocycles. The first-order valence-electron chi connectivity index (χ1n) is 3.66. The number of hydrogen-bond donors (Lipinski definition) is 3. The summed E-state index contributed by atoms with van der Waals surface area (Å²) < 4.78 is 0. The van der Waals surface area contributed by atoms with Crippen molar-refractivity contribution in [1.82, 2.24) is 15.0 Å². The molecule has 2 rings (SSSR count). The Balaban J connectivity index is 2.48. The highest BCUT2D eigenvalue weighted by molar-refractivity contribution is 5.51. The Kier molecular flexibility index (Phi) is 1.63. The van der Waals surface area contributed by atoms with Crippen LogP contribution in [0.5, 0.6) is 11.8 Å². The first kappa shape index (κ1) is 7.60. The Morgan fingerprint density at radius 3 is 2.62 bits per heavy atom. The summed E-state index contributed by atoms with van der Waals surface area (Å²) in [5.74, 6) is -0.420. The third kappa shape index (κ3) is 1.31. The fraction of sp³-hybridized carbons (Fsp3) is 0. The van der Waals surface area contributed by atoms with Gasteiger partial charge in [-0.2, -0.15) is 4.98 Å². The standard InChI is InChI=1S/C8H7N3O2/c12-7-8(13)11-6(10-7)5-3-1-2-4-9-5/h1-4,12-13H,(H,10,11). The van der Waals surface area contributed by atoms with Crippen molar-refractivity contribution in [3.63, 3.8) is 0 Å². The summed E-state index contributed by atoms with van der Waals surface area (Å²) >= 11 is 0. The third-order valence-corrected chi connectivity index (χ3v) is 1.57. The van der Waals surface area contributed by atoms with Crippen LogP contribution in [0.3, 0.4) is 0 Å². The Morgan fingerprint density at radius 2 is 2.08 bits per heavy atom. The van der Waals surface area contributed by atoms with E-state index in [1.165, 1.54) is 0 Å². The number of nitrogens with zero attached hydrogens (tertiary/aromatic N) is 2. The summed E-state index contributed by atoms with van der Waals surface area (Å²) in [4.78, 5) is 10.1. The normalized spacial score (nSPS) is 10.2. The van der Waals surface area contributed by atoms with Gasteiger partial charge in [0.05, 0.1) is 0 Å². The molecule has 66 valence electrons. The number of aromatic nitrogens is 3. The lowest BCUT2D eigenvalue weighted by Gasteiger charge is -1.91. The number of aromatic hydroxyl groups is 2. The van der Waals surface area contributed by atoms with Crippen LogP contribution in [-0.4, -0.2) is 25.2 Å². The van der Waals surface area contributed by atoms with Crippen LogP contribution in [0.2, 0.25) is 0 Å². The number of rotatable bonds is 1. The summed E-state index contributed by atoms with van der Waals surface area (Å²) in [5, 5.41) is 18.0. The molecule has 0 amide bonds. The molecule has 0 fully saturated rings. The molecule has 0 spiro atoms. The molecule has 0 aromatic carbocycles. The van der Waals surface area contributed by atoms with Gasteiger partial charge in [0.25, 0.3) is 11.8 Å².